The molecule has 0 N–H and O–H groups in total. The average Bonchev–Trinajstić information content (AvgIpc) is 3.73. The molecular weight excluding hydrogens is 537 g/mol. The summed E-state index contributed by atoms with van der Waals surface area (Å²) in [5.74, 6) is 0. The lowest BCUT2D eigenvalue weighted by molar-refractivity contribution is 1.19. The Bertz CT molecular complexity index is 1870. The van der Waals surface area contributed by atoms with Crippen LogP contribution in [0.25, 0.3) is 61.2 Å². The van der Waals surface area contributed by atoms with Crippen LogP contribution in [0.1, 0.15) is 45.9 Å². The highest BCUT2D eigenvalue weighted by Crippen LogP contribution is 2.46. The molecule has 0 spiro atoms. The molecule has 0 aliphatic carbocycles. The predicted molar refractivity (Wildman–Crippen MR) is 177 cm³/mol. The van der Waals surface area contributed by atoms with Gasteiger partial charge in [-0.3, -0.25) is 0 Å². The van der Waals surface area contributed by atoms with E-state index in [0.29, 0.717) is 0 Å². The van der Waals surface area contributed by atoms with Crippen molar-refractivity contribution in [3.05, 3.63) is 80.5 Å². The number of fused-ring (bicyclic) bond motifs is 6. The van der Waals surface area contributed by atoms with Crippen LogP contribution in [0.15, 0.2) is 48.5 Å². The highest BCUT2D eigenvalue weighted by atomic mass is 32.1. The third kappa shape index (κ3) is 3.57. The summed E-state index contributed by atoms with van der Waals surface area (Å²) < 4.78 is 5.81. The maximum atomic E-state index is 2.43. The maximum Gasteiger partial charge on any atom is 0.0388 e. The molecule has 0 nitrogen and oxygen atoms in total. The fourth-order valence-electron chi connectivity index (χ4n) is 5.69. The SMILES string of the molecule is CCc1cc2c(s1)c(C)c(C)c1sc(-c3ccc(-c4cc5c(s4)c(C)c(C)c4sc(CC)cc45)cc3)cc12. The van der Waals surface area contributed by atoms with Gasteiger partial charge in [0.25, 0.3) is 0 Å². The van der Waals surface area contributed by atoms with Gasteiger partial charge in [0, 0.05) is 59.9 Å². The van der Waals surface area contributed by atoms with Crippen LogP contribution in [0.3, 0.4) is 0 Å². The van der Waals surface area contributed by atoms with Gasteiger partial charge in [0.05, 0.1) is 0 Å². The van der Waals surface area contributed by atoms with Crippen LogP contribution in [0.5, 0.6) is 0 Å². The first kappa shape index (κ1) is 24.5. The molecule has 0 fully saturated rings. The van der Waals surface area contributed by atoms with Gasteiger partial charge in [-0.15, -0.1) is 45.3 Å². The molecule has 0 saturated heterocycles. The van der Waals surface area contributed by atoms with Crippen LogP contribution in [-0.2, 0) is 12.8 Å². The molecule has 0 unspecified atom stereocenters. The quantitative estimate of drug-likeness (QED) is 0.199. The third-order valence-electron chi connectivity index (χ3n) is 8.25. The van der Waals surface area contributed by atoms with Gasteiger partial charge in [0.2, 0.25) is 0 Å². The molecule has 4 heteroatoms. The number of hydrogen-bond donors (Lipinski definition) is 0. The van der Waals surface area contributed by atoms with Crippen LogP contribution >= 0.6 is 45.3 Å². The van der Waals surface area contributed by atoms with Gasteiger partial charge in [0.1, 0.15) is 0 Å². The Morgan fingerprint density at radius 3 is 1.11 bits per heavy atom. The topological polar surface area (TPSA) is 0 Å². The lowest BCUT2D eigenvalue weighted by Crippen LogP contribution is -1.80. The number of aryl methyl sites for hydroxylation is 6. The zero-order chi connectivity index (χ0) is 26.3. The molecule has 0 aliphatic heterocycles. The molecule has 0 amide bonds. The van der Waals surface area contributed by atoms with Crippen molar-refractivity contribution < 1.29 is 0 Å². The second kappa shape index (κ2) is 9.02. The normalized spacial score (nSPS) is 12.2. The molecule has 4 heterocycles. The van der Waals surface area contributed by atoms with E-state index >= 15 is 0 Å². The van der Waals surface area contributed by atoms with Crippen molar-refractivity contribution in [2.24, 2.45) is 0 Å². The van der Waals surface area contributed by atoms with Gasteiger partial charge < -0.3 is 0 Å². The molecule has 0 bridgehead atoms. The number of thiophene rings is 4. The molecule has 0 saturated carbocycles. The van der Waals surface area contributed by atoms with Crippen LogP contribution < -0.4 is 0 Å². The van der Waals surface area contributed by atoms with E-state index in [1.165, 1.54) is 93.2 Å². The molecule has 7 aromatic rings. The lowest BCUT2D eigenvalue weighted by atomic mass is 10.0. The molecular formula is C34H30S4. The van der Waals surface area contributed by atoms with E-state index < -0.39 is 0 Å². The second-order valence-electron chi connectivity index (χ2n) is 10.4. The van der Waals surface area contributed by atoms with Crippen molar-refractivity contribution in [2.45, 2.75) is 54.4 Å². The summed E-state index contributed by atoms with van der Waals surface area (Å²) in [4.78, 5) is 5.68. The first-order chi connectivity index (χ1) is 18.4. The zero-order valence-electron chi connectivity index (χ0n) is 22.7. The van der Waals surface area contributed by atoms with Gasteiger partial charge in [-0.25, -0.2) is 0 Å². The van der Waals surface area contributed by atoms with Gasteiger partial charge in [-0.05, 0) is 98.2 Å². The Morgan fingerprint density at radius 1 is 0.447 bits per heavy atom. The summed E-state index contributed by atoms with van der Waals surface area (Å²) in [6, 6.07) is 19.0. The monoisotopic (exact) mass is 566 g/mol. The van der Waals surface area contributed by atoms with Crippen molar-refractivity contribution in [3.63, 3.8) is 0 Å². The molecule has 3 aromatic carbocycles. The van der Waals surface area contributed by atoms with Crippen molar-refractivity contribution >= 4 is 85.7 Å². The smallest absolute Gasteiger partial charge is 0.0388 e. The van der Waals surface area contributed by atoms with Crippen LogP contribution in [-0.4, -0.2) is 0 Å². The van der Waals surface area contributed by atoms with Gasteiger partial charge >= 0.3 is 0 Å². The Labute approximate surface area is 240 Å². The highest BCUT2D eigenvalue weighted by Gasteiger charge is 2.17. The van der Waals surface area contributed by atoms with E-state index in [1.807, 2.05) is 45.3 Å². The van der Waals surface area contributed by atoms with Gasteiger partial charge in [0.15, 0.2) is 0 Å². The lowest BCUT2D eigenvalue weighted by Gasteiger charge is -2.04. The fraction of sp³-hybridized carbons (Fsp3) is 0.235. The van der Waals surface area contributed by atoms with Gasteiger partial charge in [-0.1, -0.05) is 38.1 Å². The molecule has 4 aromatic heterocycles. The van der Waals surface area contributed by atoms with E-state index in [1.54, 1.807) is 0 Å². The summed E-state index contributed by atoms with van der Waals surface area (Å²) in [5, 5.41) is 5.71. The number of benzene rings is 3. The first-order valence-corrected chi connectivity index (χ1v) is 16.7. The standard InChI is InChI=1S/C34H30S4/c1-7-23-13-25-27-15-29(37-33(27)19(5)17(3)31(25)35-23)21-9-11-22(12-10-21)30-16-28-26-14-24(8-2)36-32(26)18(4)20(6)34(28)38-30/h9-16H,7-8H2,1-6H3. The van der Waals surface area contributed by atoms with Crippen LogP contribution in [0.2, 0.25) is 0 Å². The Balaban J connectivity index is 1.32. The van der Waals surface area contributed by atoms with Crippen molar-refractivity contribution in [1.82, 2.24) is 0 Å². The molecule has 38 heavy (non-hydrogen) atoms. The second-order valence-corrected chi connectivity index (χ2v) is 14.8. The summed E-state index contributed by atoms with van der Waals surface area (Å²) in [7, 11) is 0. The molecule has 0 atom stereocenters. The summed E-state index contributed by atoms with van der Waals surface area (Å²) in [5.41, 5.74) is 8.39. The van der Waals surface area contributed by atoms with Crippen molar-refractivity contribution in [3.8, 4) is 20.9 Å². The number of rotatable bonds is 4. The summed E-state index contributed by atoms with van der Waals surface area (Å²) >= 11 is 7.83. The van der Waals surface area contributed by atoms with Crippen LogP contribution in [0, 0.1) is 27.7 Å². The first-order valence-electron chi connectivity index (χ1n) is 13.4. The predicted octanol–water partition coefficient (Wildman–Crippen LogP) is 12.2. The minimum atomic E-state index is 1.10. The number of hydrogen-bond acceptors (Lipinski definition) is 4. The van der Waals surface area contributed by atoms with Gasteiger partial charge in [-0.2, -0.15) is 0 Å². The largest absolute Gasteiger partial charge is 0.140 e. The Hall–Kier alpha value is -2.50. The highest BCUT2D eigenvalue weighted by molar-refractivity contribution is 7.24. The zero-order valence-corrected chi connectivity index (χ0v) is 25.9. The Morgan fingerprint density at radius 2 is 0.763 bits per heavy atom. The van der Waals surface area contributed by atoms with Crippen molar-refractivity contribution in [1.29, 1.82) is 0 Å². The molecule has 7 rings (SSSR count). The van der Waals surface area contributed by atoms with E-state index in [9.17, 15) is 0 Å². The minimum absolute atomic E-state index is 1.10. The molecule has 0 radical (unpaired) electrons. The maximum absolute atomic E-state index is 2.43. The summed E-state index contributed by atoms with van der Waals surface area (Å²) in [6.07, 6.45) is 2.21. The molecule has 190 valence electrons. The fourth-order valence-corrected chi connectivity index (χ4v) is 10.5. The minimum Gasteiger partial charge on any atom is -0.140 e. The van der Waals surface area contributed by atoms with Crippen molar-refractivity contribution in [2.75, 3.05) is 0 Å². The summed E-state index contributed by atoms with van der Waals surface area (Å²) in [6.45, 7) is 13.7. The van der Waals surface area contributed by atoms with E-state index in [4.69, 9.17) is 0 Å². The molecule has 0 aliphatic rings. The average molecular weight is 567 g/mol. The Kier molecular flexibility index (Phi) is 5.83. The third-order valence-corrected chi connectivity index (χ3v) is 13.7. The van der Waals surface area contributed by atoms with E-state index in [2.05, 4.69) is 90.1 Å². The van der Waals surface area contributed by atoms with Crippen LogP contribution in [0.4, 0.5) is 0 Å². The van der Waals surface area contributed by atoms with E-state index in [0.717, 1.165) is 12.8 Å². The van der Waals surface area contributed by atoms with E-state index in [-0.39, 0.29) is 0 Å².